The zero-order valence-electron chi connectivity index (χ0n) is 24.7. The average molecular weight is 619 g/mol. The Labute approximate surface area is 258 Å². The van der Waals surface area contributed by atoms with Gasteiger partial charge in [-0.15, -0.1) is 0 Å². The minimum atomic E-state index is -5.28. The van der Waals surface area contributed by atoms with Crippen molar-refractivity contribution >= 4 is 34.7 Å². The SMILES string of the molecule is CC=CCc1nc2ccc(NC(=O)NC3CCCCC3)cc2n1Cc1ccc(-c2ccccc2C(=O)OC(=O)C(F)(F)F)cc1. The van der Waals surface area contributed by atoms with Crippen LogP contribution >= 0.6 is 0 Å². The molecule has 1 aliphatic carbocycles. The van der Waals surface area contributed by atoms with Gasteiger partial charge in [-0.1, -0.05) is 73.9 Å². The Bertz CT molecular complexity index is 1720. The number of anilines is 1. The van der Waals surface area contributed by atoms with Crippen molar-refractivity contribution in [3.63, 3.8) is 0 Å². The molecule has 5 rings (SSSR count). The molecular weight excluding hydrogens is 585 g/mol. The largest absolute Gasteiger partial charge is 0.491 e. The van der Waals surface area contributed by atoms with Gasteiger partial charge < -0.3 is 19.9 Å². The van der Waals surface area contributed by atoms with Crippen LogP contribution in [0.4, 0.5) is 23.7 Å². The Morgan fingerprint density at radius 2 is 1.73 bits per heavy atom. The molecule has 1 heterocycles. The molecule has 1 aliphatic rings. The second kappa shape index (κ2) is 13.8. The van der Waals surface area contributed by atoms with Crippen LogP contribution < -0.4 is 10.6 Å². The van der Waals surface area contributed by atoms with Gasteiger partial charge in [-0.2, -0.15) is 13.2 Å². The maximum Gasteiger partial charge on any atom is 0.491 e. The highest BCUT2D eigenvalue weighted by Crippen LogP contribution is 2.28. The van der Waals surface area contributed by atoms with Gasteiger partial charge in [0.25, 0.3) is 0 Å². The minimum absolute atomic E-state index is 0.162. The summed E-state index contributed by atoms with van der Waals surface area (Å²) < 4.78 is 44.1. The predicted molar refractivity (Wildman–Crippen MR) is 165 cm³/mol. The van der Waals surface area contributed by atoms with E-state index in [1.807, 2.05) is 49.4 Å². The van der Waals surface area contributed by atoms with Crippen LogP contribution in [0.1, 0.15) is 60.8 Å². The summed E-state index contributed by atoms with van der Waals surface area (Å²) in [6.45, 7) is 2.39. The molecule has 1 saturated carbocycles. The third-order valence-electron chi connectivity index (χ3n) is 7.73. The number of nitrogens with one attached hydrogen (secondary N) is 2. The topological polar surface area (TPSA) is 102 Å². The predicted octanol–water partition coefficient (Wildman–Crippen LogP) is 7.57. The van der Waals surface area contributed by atoms with E-state index in [0.717, 1.165) is 48.1 Å². The highest BCUT2D eigenvalue weighted by atomic mass is 19.4. The number of carbonyl (C=O) groups is 3. The van der Waals surface area contributed by atoms with Gasteiger partial charge in [0.1, 0.15) is 5.82 Å². The van der Waals surface area contributed by atoms with Gasteiger partial charge in [0.2, 0.25) is 0 Å². The fourth-order valence-electron chi connectivity index (χ4n) is 5.49. The zero-order chi connectivity index (χ0) is 32.0. The van der Waals surface area contributed by atoms with E-state index < -0.39 is 18.1 Å². The van der Waals surface area contributed by atoms with Gasteiger partial charge in [-0.25, -0.2) is 19.4 Å². The number of carbonyl (C=O) groups excluding carboxylic acids is 3. The number of hydrogen-bond donors (Lipinski definition) is 2. The van der Waals surface area contributed by atoms with E-state index in [4.69, 9.17) is 4.98 Å². The highest BCUT2D eigenvalue weighted by molar-refractivity contribution is 6.03. The molecule has 0 bridgehead atoms. The molecule has 0 radical (unpaired) electrons. The van der Waals surface area contributed by atoms with Crippen LogP contribution in [0.15, 0.2) is 78.9 Å². The van der Waals surface area contributed by atoms with Crippen molar-refractivity contribution in [3.8, 4) is 11.1 Å². The summed E-state index contributed by atoms with van der Waals surface area (Å²) >= 11 is 0. The zero-order valence-corrected chi connectivity index (χ0v) is 24.7. The van der Waals surface area contributed by atoms with Crippen molar-refractivity contribution < 1.29 is 32.3 Å². The molecule has 4 aromatic rings. The number of allylic oxidation sites excluding steroid dienone is 2. The smallest absolute Gasteiger partial charge is 0.383 e. The van der Waals surface area contributed by atoms with Crippen molar-refractivity contribution in [3.05, 3.63) is 95.8 Å². The molecule has 2 amide bonds. The van der Waals surface area contributed by atoms with Gasteiger partial charge in [0.05, 0.1) is 16.6 Å². The molecule has 1 fully saturated rings. The van der Waals surface area contributed by atoms with Crippen molar-refractivity contribution in [1.29, 1.82) is 0 Å². The Morgan fingerprint density at radius 3 is 2.44 bits per heavy atom. The number of urea groups is 1. The number of fused-ring (bicyclic) bond motifs is 1. The van der Waals surface area contributed by atoms with Gasteiger partial charge in [0, 0.05) is 24.7 Å². The molecule has 0 unspecified atom stereocenters. The van der Waals surface area contributed by atoms with Gasteiger partial charge in [0.15, 0.2) is 0 Å². The van der Waals surface area contributed by atoms with Gasteiger partial charge in [-0.3, -0.25) is 0 Å². The van der Waals surface area contributed by atoms with E-state index in [2.05, 4.69) is 19.9 Å². The molecule has 0 saturated heterocycles. The summed E-state index contributed by atoms with van der Waals surface area (Å²) in [6.07, 6.45) is 4.69. The van der Waals surface area contributed by atoms with Crippen LogP contribution in [0.25, 0.3) is 22.2 Å². The third kappa shape index (κ3) is 7.78. The number of rotatable bonds is 8. The van der Waals surface area contributed by atoms with E-state index in [1.165, 1.54) is 18.6 Å². The number of imidazole rings is 1. The molecule has 45 heavy (non-hydrogen) atoms. The lowest BCUT2D eigenvalue weighted by Gasteiger charge is -2.22. The fourth-order valence-corrected chi connectivity index (χ4v) is 5.49. The number of amides is 2. The van der Waals surface area contributed by atoms with E-state index in [9.17, 15) is 27.6 Å². The second-order valence-corrected chi connectivity index (χ2v) is 10.9. The van der Waals surface area contributed by atoms with Crippen LogP contribution in [0.3, 0.4) is 0 Å². The quantitative estimate of drug-likeness (QED) is 0.121. The van der Waals surface area contributed by atoms with Crippen LogP contribution in [-0.2, 0) is 22.5 Å². The number of benzene rings is 3. The lowest BCUT2D eigenvalue weighted by Crippen LogP contribution is -2.39. The summed E-state index contributed by atoms with van der Waals surface area (Å²) in [5, 5.41) is 6.03. The number of ether oxygens (including phenoxy) is 1. The fraction of sp³-hybridized carbons (Fsp3) is 0.294. The first-order chi connectivity index (χ1) is 21.6. The van der Waals surface area contributed by atoms with Crippen LogP contribution in [0.2, 0.25) is 0 Å². The Hall–Kier alpha value is -4.93. The number of nitrogens with zero attached hydrogens (tertiary/aromatic N) is 2. The third-order valence-corrected chi connectivity index (χ3v) is 7.73. The minimum Gasteiger partial charge on any atom is -0.383 e. The first kappa shape index (κ1) is 31.5. The standard InChI is InChI=1S/C34H33F3N4O4/c1-2-3-13-30-40-28-19-18-25(39-33(44)38-24-9-5-4-6-10-24)20-29(28)41(30)21-22-14-16-23(17-15-22)26-11-7-8-12-27(26)31(42)45-32(43)34(35,36)37/h2-3,7-8,11-12,14-20,24H,4-6,9-10,13,21H2,1H3,(H2,38,39,44). The van der Waals surface area contributed by atoms with Crippen molar-refractivity contribution in [2.75, 3.05) is 5.32 Å². The van der Waals surface area contributed by atoms with E-state index in [0.29, 0.717) is 29.8 Å². The first-order valence-electron chi connectivity index (χ1n) is 14.8. The highest BCUT2D eigenvalue weighted by Gasteiger charge is 2.42. The van der Waals surface area contributed by atoms with Gasteiger partial charge >= 0.3 is 24.1 Å². The van der Waals surface area contributed by atoms with Crippen molar-refractivity contribution in [2.24, 2.45) is 0 Å². The Kier molecular flexibility index (Phi) is 9.65. The molecule has 234 valence electrons. The second-order valence-electron chi connectivity index (χ2n) is 10.9. The van der Waals surface area contributed by atoms with Gasteiger partial charge in [-0.05, 0) is 60.7 Å². The molecule has 8 nitrogen and oxygen atoms in total. The molecule has 11 heteroatoms. The Balaban J connectivity index is 1.38. The number of aromatic nitrogens is 2. The monoisotopic (exact) mass is 618 g/mol. The summed E-state index contributed by atoms with van der Waals surface area (Å²) in [5.41, 5.74) is 3.91. The van der Waals surface area contributed by atoms with Crippen LogP contribution in [-0.4, -0.2) is 39.7 Å². The number of alkyl halides is 3. The first-order valence-corrected chi connectivity index (χ1v) is 14.8. The number of halogens is 3. The Morgan fingerprint density at radius 1 is 1.00 bits per heavy atom. The molecule has 3 aromatic carbocycles. The van der Waals surface area contributed by atoms with E-state index >= 15 is 0 Å². The lowest BCUT2D eigenvalue weighted by molar-refractivity contribution is -0.193. The van der Waals surface area contributed by atoms with Crippen LogP contribution in [0.5, 0.6) is 0 Å². The molecular formula is C34H33F3N4O4. The summed E-state index contributed by atoms with van der Waals surface area (Å²) in [7, 11) is 0. The van der Waals surface area contributed by atoms with Crippen molar-refractivity contribution in [2.45, 2.75) is 64.2 Å². The van der Waals surface area contributed by atoms with Crippen molar-refractivity contribution in [1.82, 2.24) is 14.9 Å². The molecule has 1 aromatic heterocycles. The number of hydrogen-bond acceptors (Lipinski definition) is 5. The van der Waals surface area contributed by atoms with Crippen LogP contribution in [0, 0.1) is 0 Å². The summed E-state index contributed by atoms with van der Waals surface area (Å²) in [5.74, 6) is -3.12. The summed E-state index contributed by atoms with van der Waals surface area (Å²) in [4.78, 5) is 41.2. The molecule has 0 aliphatic heterocycles. The lowest BCUT2D eigenvalue weighted by atomic mass is 9.96. The van der Waals surface area contributed by atoms with E-state index in [-0.39, 0.29) is 17.6 Å². The normalized spacial score (nSPS) is 14.0. The molecule has 0 atom stereocenters. The maximum atomic E-state index is 12.7. The van der Waals surface area contributed by atoms with E-state index in [1.54, 1.807) is 24.3 Å². The average Bonchev–Trinajstić information content (AvgIpc) is 3.36. The molecule has 2 N–H and O–H groups in total. The number of esters is 2. The maximum absolute atomic E-state index is 12.7. The summed E-state index contributed by atoms with van der Waals surface area (Å²) in [6, 6.07) is 18.8. The molecule has 0 spiro atoms.